The minimum absolute atomic E-state index is 0.133. The van der Waals surface area contributed by atoms with Gasteiger partial charge in [-0.15, -0.1) is 0 Å². The van der Waals surface area contributed by atoms with Gasteiger partial charge in [0.1, 0.15) is 5.82 Å². The number of aromatic nitrogens is 3. The van der Waals surface area contributed by atoms with Crippen molar-refractivity contribution >= 4 is 5.69 Å². The van der Waals surface area contributed by atoms with Crippen molar-refractivity contribution in [2.75, 3.05) is 38.6 Å². The molecule has 0 N–H and O–H groups in total. The van der Waals surface area contributed by atoms with Crippen LogP contribution in [0.1, 0.15) is 25.5 Å². The maximum Gasteiger partial charge on any atom is 0.161 e. The van der Waals surface area contributed by atoms with Crippen molar-refractivity contribution in [1.29, 1.82) is 0 Å². The minimum Gasteiger partial charge on any atom is -0.371 e. The van der Waals surface area contributed by atoms with E-state index in [1.54, 1.807) is 0 Å². The number of halogens is 1. The van der Waals surface area contributed by atoms with E-state index in [9.17, 15) is 4.39 Å². The van der Waals surface area contributed by atoms with E-state index in [0.717, 1.165) is 42.3 Å². The molecule has 6 heteroatoms. The van der Waals surface area contributed by atoms with Gasteiger partial charge in [-0.1, -0.05) is 19.1 Å². The molecule has 1 fully saturated rings. The van der Waals surface area contributed by atoms with Crippen LogP contribution in [0.15, 0.2) is 67.1 Å². The van der Waals surface area contributed by atoms with Crippen LogP contribution in [0.5, 0.6) is 0 Å². The summed E-state index contributed by atoms with van der Waals surface area (Å²) in [5.41, 5.74) is 6.90. The second kappa shape index (κ2) is 8.38. The summed E-state index contributed by atoms with van der Waals surface area (Å²) in [6.45, 7) is 7.93. The molecule has 2 aromatic carbocycles. The molecular formula is C29H32FN5. The third-order valence-corrected chi connectivity index (χ3v) is 7.77. The molecule has 0 amide bonds. The number of imidazole rings is 1. The van der Waals surface area contributed by atoms with Gasteiger partial charge < -0.3 is 14.4 Å². The smallest absolute Gasteiger partial charge is 0.161 e. The lowest BCUT2D eigenvalue weighted by Gasteiger charge is -2.23. The summed E-state index contributed by atoms with van der Waals surface area (Å²) >= 11 is 0. The second-order valence-electron chi connectivity index (χ2n) is 10.5. The fraction of sp³-hybridized carbons (Fsp3) is 0.345. The Labute approximate surface area is 206 Å². The molecule has 0 radical (unpaired) electrons. The van der Waals surface area contributed by atoms with Crippen LogP contribution in [0, 0.1) is 17.7 Å². The van der Waals surface area contributed by atoms with Gasteiger partial charge in [-0.25, -0.2) is 9.37 Å². The zero-order valence-electron chi connectivity index (χ0n) is 20.8. The van der Waals surface area contributed by atoms with E-state index >= 15 is 0 Å². The van der Waals surface area contributed by atoms with Gasteiger partial charge in [0, 0.05) is 55.0 Å². The Balaban J connectivity index is 1.41. The number of hydrogen-bond donors (Lipinski definition) is 0. The summed E-state index contributed by atoms with van der Waals surface area (Å²) in [4.78, 5) is 9.58. The molecule has 2 aromatic heterocycles. The van der Waals surface area contributed by atoms with E-state index in [1.165, 1.54) is 29.1 Å². The van der Waals surface area contributed by atoms with Crippen molar-refractivity contribution < 1.29 is 4.39 Å². The molecule has 0 saturated carbocycles. The van der Waals surface area contributed by atoms with Gasteiger partial charge in [-0.2, -0.15) is 0 Å². The average Bonchev–Trinajstić information content (AvgIpc) is 3.56. The SMILES string of the molecule is C[C@@H]1CN(c2ccc3c(c2)[C@@H](C)n2cc(-c4ccc(F)cc4)cc2-c2nccn2-3)C[C@H]1CN(C)C. The van der Waals surface area contributed by atoms with Gasteiger partial charge in [-0.3, -0.25) is 4.57 Å². The summed E-state index contributed by atoms with van der Waals surface area (Å²) in [5.74, 6) is 2.06. The predicted molar refractivity (Wildman–Crippen MR) is 140 cm³/mol. The van der Waals surface area contributed by atoms with Crippen LogP contribution in [0.25, 0.3) is 28.3 Å². The third-order valence-electron chi connectivity index (χ3n) is 7.77. The lowest BCUT2D eigenvalue weighted by molar-refractivity contribution is 0.301. The highest BCUT2D eigenvalue weighted by molar-refractivity contribution is 5.72. The highest BCUT2D eigenvalue weighted by Gasteiger charge is 2.31. The molecule has 4 heterocycles. The molecule has 0 bridgehead atoms. The molecule has 4 aromatic rings. The minimum atomic E-state index is -0.219. The molecule has 6 rings (SSSR count). The summed E-state index contributed by atoms with van der Waals surface area (Å²) in [6.07, 6.45) is 6.09. The molecule has 0 unspecified atom stereocenters. The molecule has 5 nitrogen and oxygen atoms in total. The fourth-order valence-electron chi connectivity index (χ4n) is 5.86. The molecule has 1 saturated heterocycles. The molecule has 180 valence electrons. The average molecular weight is 470 g/mol. The topological polar surface area (TPSA) is 29.2 Å². The number of nitrogens with zero attached hydrogens (tertiary/aromatic N) is 5. The first kappa shape index (κ1) is 22.1. The number of anilines is 1. The number of hydrogen-bond acceptors (Lipinski definition) is 3. The zero-order valence-corrected chi connectivity index (χ0v) is 20.8. The van der Waals surface area contributed by atoms with E-state index in [-0.39, 0.29) is 11.9 Å². The fourth-order valence-corrected chi connectivity index (χ4v) is 5.86. The number of benzene rings is 2. The maximum atomic E-state index is 13.5. The molecule has 0 aliphatic carbocycles. The van der Waals surface area contributed by atoms with E-state index in [1.807, 2.05) is 24.5 Å². The Kier molecular flexibility index (Phi) is 5.29. The molecule has 2 aliphatic rings. The van der Waals surface area contributed by atoms with Crippen LogP contribution in [0.4, 0.5) is 10.1 Å². The quantitative estimate of drug-likeness (QED) is 0.384. The first-order chi connectivity index (χ1) is 16.9. The highest BCUT2D eigenvalue weighted by atomic mass is 19.1. The zero-order chi connectivity index (χ0) is 24.3. The van der Waals surface area contributed by atoms with Crippen molar-refractivity contribution in [3.63, 3.8) is 0 Å². The Morgan fingerprint density at radius 2 is 1.80 bits per heavy atom. The van der Waals surface area contributed by atoms with Crippen molar-refractivity contribution in [3.05, 3.63) is 78.5 Å². The van der Waals surface area contributed by atoms with Crippen LogP contribution < -0.4 is 4.90 Å². The standard InChI is InChI=1S/C29H32FN5/c1-19-15-33(17-23(19)16-32(3)4)25-9-10-27-26(14-25)20(2)35-18-22(21-5-7-24(30)8-6-21)13-28(35)29-31-11-12-34(27)29/h5-14,18-20,23H,15-17H2,1-4H3/t19-,20-,23-/m1/s1. The van der Waals surface area contributed by atoms with Gasteiger partial charge >= 0.3 is 0 Å². The second-order valence-corrected chi connectivity index (χ2v) is 10.5. The van der Waals surface area contributed by atoms with Gasteiger partial charge in [0.05, 0.1) is 17.4 Å². The lowest BCUT2D eigenvalue weighted by Crippen LogP contribution is -2.27. The highest BCUT2D eigenvalue weighted by Crippen LogP contribution is 2.40. The van der Waals surface area contributed by atoms with Crippen LogP contribution >= 0.6 is 0 Å². The first-order valence-electron chi connectivity index (χ1n) is 12.4. The van der Waals surface area contributed by atoms with Crippen LogP contribution in [0.3, 0.4) is 0 Å². The largest absolute Gasteiger partial charge is 0.371 e. The maximum absolute atomic E-state index is 13.5. The Morgan fingerprint density at radius 3 is 2.57 bits per heavy atom. The van der Waals surface area contributed by atoms with Crippen LogP contribution in [-0.4, -0.2) is 52.7 Å². The molecule has 2 aliphatic heterocycles. The van der Waals surface area contributed by atoms with E-state index < -0.39 is 0 Å². The summed E-state index contributed by atoms with van der Waals surface area (Å²) in [7, 11) is 4.33. The summed E-state index contributed by atoms with van der Waals surface area (Å²) < 4.78 is 18.0. The summed E-state index contributed by atoms with van der Waals surface area (Å²) in [5, 5.41) is 0. The van der Waals surface area contributed by atoms with Crippen molar-refractivity contribution in [3.8, 4) is 28.3 Å². The molecule has 0 spiro atoms. The van der Waals surface area contributed by atoms with Crippen molar-refractivity contribution in [1.82, 2.24) is 19.0 Å². The summed E-state index contributed by atoms with van der Waals surface area (Å²) in [6, 6.07) is 15.9. The first-order valence-corrected chi connectivity index (χ1v) is 12.4. The van der Waals surface area contributed by atoms with E-state index in [4.69, 9.17) is 4.98 Å². The predicted octanol–water partition coefficient (Wildman–Crippen LogP) is 5.70. The van der Waals surface area contributed by atoms with Crippen LogP contribution in [-0.2, 0) is 0 Å². The van der Waals surface area contributed by atoms with E-state index in [2.05, 4.69) is 77.3 Å². The Morgan fingerprint density at radius 1 is 1.00 bits per heavy atom. The van der Waals surface area contributed by atoms with Gasteiger partial charge in [0.2, 0.25) is 0 Å². The van der Waals surface area contributed by atoms with Gasteiger partial charge in [-0.05, 0) is 74.8 Å². The number of rotatable bonds is 4. The normalized spacial score (nSPS) is 21.1. The van der Waals surface area contributed by atoms with E-state index in [0.29, 0.717) is 11.8 Å². The Bertz CT molecular complexity index is 1370. The Hall–Kier alpha value is -3.38. The van der Waals surface area contributed by atoms with Crippen molar-refractivity contribution in [2.24, 2.45) is 11.8 Å². The van der Waals surface area contributed by atoms with Crippen LogP contribution in [0.2, 0.25) is 0 Å². The molecule has 35 heavy (non-hydrogen) atoms. The van der Waals surface area contributed by atoms with Gasteiger partial charge in [0.25, 0.3) is 0 Å². The third kappa shape index (κ3) is 3.76. The lowest BCUT2D eigenvalue weighted by atomic mass is 9.98. The monoisotopic (exact) mass is 469 g/mol. The molecule has 3 atom stereocenters. The van der Waals surface area contributed by atoms with Gasteiger partial charge in [0.15, 0.2) is 5.82 Å². The van der Waals surface area contributed by atoms with Crippen molar-refractivity contribution in [2.45, 2.75) is 19.9 Å². The number of fused-ring (bicyclic) bond motifs is 5. The molecular weight excluding hydrogens is 437 g/mol.